The van der Waals surface area contributed by atoms with E-state index in [4.69, 9.17) is 9.84 Å². The zero-order valence-corrected chi connectivity index (χ0v) is 14.3. The Morgan fingerprint density at radius 2 is 1.91 bits per heavy atom. The molecule has 23 heavy (non-hydrogen) atoms. The molecule has 2 rings (SSSR count). The molecule has 0 saturated carbocycles. The van der Waals surface area contributed by atoms with Crippen molar-refractivity contribution in [3.8, 4) is 5.75 Å². The van der Waals surface area contributed by atoms with E-state index in [1.54, 1.807) is 6.92 Å². The van der Waals surface area contributed by atoms with Crippen LogP contribution in [-0.4, -0.2) is 30.1 Å². The second-order valence-electron chi connectivity index (χ2n) is 5.45. The third-order valence-corrected chi connectivity index (χ3v) is 3.81. The van der Waals surface area contributed by atoms with E-state index in [9.17, 15) is 9.59 Å². The van der Waals surface area contributed by atoms with Gasteiger partial charge < -0.3 is 15.2 Å². The van der Waals surface area contributed by atoms with Crippen molar-refractivity contribution in [3.05, 3.63) is 40.9 Å². The minimum absolute atomic E-state index is 0.0291. The number of fused-ring (bicyclic) bond motifs is 1. The molecule has 0 spiro atoms. The number of carbonyl (C=O) groups excluding carboxylic acids is 1. The van der Waals surface area contributed by atoms with Crippen LogP contribution in [0, 0.1) is 5.92 Å². The van der Waals surface area contributed by atoms with E-state index in [-0.39, 0.29) is 24.9 Å². The van der Waals surface area contributed by atoms with Gasteiger partial charge in [0.25, 0.3) is 5.91 Å². The molecule has 1 unspecified atom stereocenters. The lowest BCUT2D eigenvalue weighted by Crippen LogP contribution is -2.33. The van der Waals surface area contributed by atoms with Crippen molar-refractivity contribution in [2.24, 2.45) is 5.92 Å². The number of hydrogen-bond donors (Lipinski definition) is 2. The van der Waals surface area contributed by atoms with E-state index in [2.05, 4.69) is 21.2 Å². The molecule has 0 saturated heterocycles. The first-order valence-electron chi connectivity index (χ1n) is 7.24. The van der Waals surface area contributed by atoms with Crippen molar-refractivity contribution in [2.75, 3.05) is 13.2 Å². The molecule has 0 heterocycles. The fraction of sp³-hybridized carbons (Fsp3) is 0.294. The lowest BCUT2D eigenvalue weighted by atomic mass is 10.1. The molecule has 0 aliphatic carbocycles. The predicted octanol–water partition coefficient (Wildman–Crippen LogP) is 3.21. The lowest BCUT2D eigenvalue weighted by Gasteiger charge is -2.11. The Bertz CT molecular complexity index is 717. The maximum absolute atomic E-state index is 11.7. The van der Waals surface area contributed by atoms with E-state index in [0.29, 0.717) is 12.3 Å². The normalized spacial score (nSPS) is 11.9. The lowest BCUT2D eigenvalue weighted by molar-refractivity contribution is -0.138. The van der Waals surface area contributed by atoms with Gasteiger partial charge in [0.2, 0.25) is 0 Å². The number of rotatable bonds is 7. The smallest absolute Gasteiger partial charge is 0.303 e. The summed E-state index contributed by atoms with van der Waals surface area (Å²) in [5.74, 6) is -0.631. The highest BCUT2D eigenvalue weighted by Crippen LogP contribution is 2.24. The van der Waals surface area contributed by atoms with Crippen LogP contribution in [0.15, 0.2) is 40.9 Å². The summed E-state index contributed by atoms with van der Waals surface area (Å²) in [6.45, 7) is 2.00. The van der Waals surface area contributed by atoms with Gasteiger partial charge in [-0.3, -0.25) is 9.59 Å². The summed E-state index contributed by atoms with van der Waals surface area (Å²) in [6.07, 6.45) is 0.0291. The highest BCUT2D eigenvalue weighted by molar-refractivity contribution is 9.10. The van der Waals surface area contributed by atoms with Crippen LogP contribution in [-0.2, 0) is 9.59 Å². The highest BCUT2D eigenvalue weighted by Gasteiger charge is 2.10. The van der Waals surface area contributed by atoms with Gasteiger partial charge in [-0.1, -0.05) is 35.0 Å². The summed E-state index contributed by atoms with van der Waals surface area (Å²) in [7, 11) is 0. The zero-order chi connectivity index (χ0) is 16.8. The quantitative estimate of drug-likeness (QED) is 0.774. The van der Waals surface area contributed by atoms with Crippen LogP contribution >= 0.6 is 15.9 Å². The molecule has 5 nitrogen and oxygen atoms in total. The van der Waals surface area contributed by atoms with Gasteiger partial charge in [-0.15, -0.1) is 0 Å². The number of aliphatic carboxylic acids is 1. The number of nitrogens with one attached hydrogen (secondary N) is 1. The van der Waals surface area contributed by atoms with Crippen LogP contribution in [0.3, 0.4) is 0 Å². The molecular formula is C17H18BrNO4. The number of carbonyl (C=O) groups is 2. The minimum Gasteiger partial charge on any atom is -0.484 e. The van der Waals surface area contributed by atoms with Crippen LogP contribution in [0.2, 0.25) is 0 Å². The third kappa shape index (κ3) is 5.56. The van der Waals surface area contributed by atoms with Gasteiger partial charge in [-0.2, -0.15) is 0 Å². The molecule has 2 N–H and O–H groups in total. The predicted molar refractivity (Wildman–Crippen MR) is 91.6 cm³/mol. The van der Waals surface area contributed by atoms with E-state index in [0.717, 1.165) is 15.2 Å². The number of ether oxygens (including phenoxy) is 1. The molecular weight excluding hydrogens is 362 g/mol. The SMILES string of the molecule is CC(CNC(=O)COc1ccc2cc(Br)ccc2c1)CC(=O)O. The number of halogens is 1. The van der Waals surface area contributed by atoms with Gasteiger partial charge in [0, 0.05) is 17.4 Å². The van der Waals surface area contributed by atoms with Gasteiger partial charge in [0.05, 0.1) is 0 Å². The number of carboxylic acids is 1. The van der Waals surface area contributed by atoms with Gasteiger partial charge in [-0.05, 0) is 41.0 Å². The number of carboxylic acid groups (broad SMARTS) is 1. The van der Waals surface area contributed by atoms with Crippen molar-refractivity contribution in [1.82, 2.24) is 5.32 Å². The molecule has 2 aromatic rings. The third-order valence-electron chi connectivity index (χ3n) is 3.31. The number of benzene rings is 2. The van der Waals surface area contributed by atoms with E-state index in [1.165, 1.54) is 0 Å². The van der Waals surface area contributed by atoms with Gasteiger partial charge in [0.15, 0.2) is 6.61 Å². The average Bonchev–Trinajstić information content (AvgIpc) is 2.50. The standard InChI is InChI=1S/C17H18BrNO4/c1-11(6-17(21)22)9-19-16(20)10-23-15-5-3-12-7-14(18)4-2-13(12)8-15/h2-5,7-8,11H,6,9-10H2,1H3,(H,19,20)(H,21,22). The second kappa shape index (κ2) is 7.97. The Labute approximate surface area is 142 Å². The summed E-state index contributed by atoms with van der Waals surface area (Å²) in [5, 5.41) is 13.4. The summed E-state index contributed by atoms with van der Waals surface area (Å²) in [6, 6.07) is 11.6. The molecule has 1 amide bonds. The molecule has 0 aromatic heterocycles. The van der Waals surface area contributed by atoms with Crippen molar-refractivity contribution in [2.45, 2.75) is 13.3 Å². The summed E-state index contributed by atoms with van der Waals surface area (Å²) in [5.41, 5.74) is 0. The van der Waals surface area contributed by atoms with Crippen molar-refractivity contribution >= 4 is 38.6 Å². The van der Waals surface area contributed by atoms with Crippen LogP contribution < -0.4 is 10.1 Å². The second-order valence-corrected chi connectivity index (χ2v) is 6.36. The fourth-order valence-corrected chi connectivity index (χ4v) is 2.52. The van der Waals surface area contributed by atoms with Gasteiger partial charge in [-0.25, -0.2) is 0 Å². The first-order chi connectivity index (χ1) is 10.9. The summed E-state index contributed by atoms with van der Waals surface area (Å²) >= 11 is 3.42. The molecule has 0 radical (unpaired) electrons. The Balaban J connectivity index is 1.84. The van der Waals surface area contributed by atoms with E-state index < -0.39 is 5.97 Å². The number of amides is 1. The molecule has 0 fully saturated rings. The fourth-order valence-electron chi connectivity index (χ4n) is 2.14. The van der Waals surface area contributed by atoms with E-state index in [1.807, 2.05) is 36.4 Å². The molecule has 2 aromatic carbocycles. The first kappa shape index (κ1) is 17.3. The monoisotopic (exact) mass is 379 g/mol. The first-order valence-corrected chi connectivity index (χ1v) is 8.04. The maximum atomic E-state index is 11.7. The number of hydrogen-bond acceptors (Lipinski definition) is 3. The Hall–Kier alpha value is -2.08. The Morgan fingerprint density at radius 3 is 2.65 bits per heavy atom. The maximum Gasteiger partial charge on any atom is 0.303 e. The largest absolute Gasteiger partial charge is 0.484 e. The molecule has 0 aliphatic heterocycles. The van der Waals surface area contributed by atoms with Crippen LogP contribution in [0.1, 0.15) is 13.3 Å². The topological polar surface area (TPSA) is 75.6 Å². The molecule has 1 atom stereocenters. The van der Waals surface area contributed by atoms with Crippen LogP contribution in [0.4, 0.5) is 0 Å². The van der Waals surface area contributed by atoms with Gasteiger partial charge in [0.1, 0.15) is 5.75 Å². The summed E-state index contributed by atoms with van der Waals surface area (Å²) in [4.78, 5) is 22.3. The molecule has 122 valence electrons. The van der Waals surface area contributed by atoms with Crippen molar-refractivity contribution in [3.63, 3.8) is 0 Å². The minimum atomic E-state index is -0.870. The zero-order valence-electron chi connectivity index (χ0n) is 12.7. The molecule has 0 bridgehead atoms. The Morgan fingerprint density at radius 1 is 1.22 bits per heavy atom. The van der Waals surface area contributed by atoms with Gasteiger partial charge >= 0.3 is 5.97 Å². The summed E-state index contributed by atoms with van der Waals surface area (Å²) < 4.78 is 6.49. The van der Waals surface area contributed by atoms with E-state index >= 15 is 0 Å². The van der Waals surface area contributed by atoms with Crippen molar-refractivity contribution in [1.29, 1.82) is 0 Å². The van der Waals surface area contributed by atoms with Crippen LogP contribution in [0.25, 0.3) is 10.8 Å². The van der Waals surface area contributed by atoms with Crippen molar-refractivity contribution < 1.29 is 19.4 Å². The van der Waals surface area contributed by atoms with Crippen LogP contribution in [0.5, 0.6) is 5.75 Å². The molecule has 0 aliphatic rings. The molecule has 6 heteroatoms. The average molecular weight is 380 g/mol. The Kier molecular flexibility index (Phi) is 5.98. The highest BCUT2D eigenvalue weighted by atomic mass is 79.9.